The highest BCUT2D eigenvalue weighted by Crippen LogP contribution is 2.25. The molecule has 3 nitrogen and oxygen atoms in total. The van der Waals surface area contributed by atoms with Crippen molar-refractivity contribution >= 4 is 29.1 Å². The van der Waals surface area contributed by atoms with Crippen LogP contribution >= 0.6 is 23.2 Å². The number of nitrogens with zero attached hydrogens (tertiary/aromatic N) is 1. The second-order valence-electron chi connectivity index (χ2n) is 3.47. The molecule has 1 aromatic carbocycles. The molecule has 0 atom stereocenters. The van der Waals surface area contributed by atoms with E-state index >= 15 is 0 Å². The Kier molecular flexibility index (Phi) is 5.06. The Morgan fingerprint density at radius 2 is 1.94 bits per heavy atom. The largest absolute Gasteiger partial charge is 0.342 e. The van der Waals surface area contributed by atoms with Crippen molar-refractivity contribution < 1.29 is 4.79 Å². The summed E-state index contributed by atoms with van der Waals surface area (Å²) < 4.78 is 0. The van der Waals surface area contributed by atoms with Crippen LogP contribution in [0, 0.1) is 0 Å². The van der Waals surface area contributed by atoms with Crippen LogP contribution in [-0.2, 0) is 0 Å². The van der Waals surface area contributed by atoms with Crippen molar-refractivity contribution in [3.63, 3.8) is 0 Å². The quantitative estimate of drug-likeness (QED) is 0.904. The van der Waals surface area contributed by atoms with Crippen LogP contribution in [0.15, 0.2) is 18.2 Å². The molecule has 0 saturated carbocycles. The molecular weight excluding hydrogens is 247 g/mol. The molecule has 0 spiro atoms. The fraction of sp³-hybridized carbons (Fsp3) is 0.364. The number of carbonyl (C=O) groups is 1. The van der Waals surface area contributed by atoms with Gasteiger partial charge in [0, 0.05) is 13.6 Å². The first-order chi connectivity index (χ1) is 7.57. The molecule has 1 amide bonds. The van der Waals surface area contributed by atoms with Gasteiger partial charge in [-0.25, -0.2) is 0 Å². The smallest absolute Gasteiger partial charge is 0.256 e. The molecule has 0 aliphatic carbocycles. The molecule has 0 aliphatic heterocycles. The Morgan fingerprint density at radius 1 is 1.38 bits per heavy atom. The minimum Gasteiger partial charge on any atom is -0.342 e. The van der Waals surface area contributed by atoms with Crippen molar-refractivity contribution in [2.24, 2.45) is 5.73 Å². The third kappa shape index (κ3) is 3.11. The van der Waals surface area contributed by atoms with E-state index in [1.807, 2.05) is 0 Å². The van der Waals surface area contributed by atoms with E-state index in [0.29, 0.717) is 28.7 Å². The third-order valence-corrected chi connectivity index (χ3v) is 2.85. The molecule has 0 aliphatic rings. The fourth-order valence-corrected chi connectivity index (χ4v) is 1.88. The van der Waals surface area contributed by atoms with Crippen molar-refractivity contribution in [1.29, 1.82) is 0 Å². The van der Waals surface area contributed by atoms with E-state index in [2.05, 4.69) is 0 Å². The standard InChI is InChI=1S/C11H14Cl2N2O/c1-15(7-3-6-14)11(16)10-8(12)4-2-5-9(10)13/h2,4-5H,3,6-7,14H2,1H3. The molecule has 0 fully saturated rings. The SMILES string of the molecule is CN(CCCN)C(=O)c1c(Cl)cccc1Cl. The number of benzene rings is 1. The van der Waals surface area contributed by atoms with Crippen molar-refractivity contribution in [3.8, 4) is 0 Å². The van der Waals surface area contributed by atoms with Crippen LogP contribution in [0.3, 0.4) is 0 Å². The zero-order chi connectivity index (χ0) is 12.1. The molecule has 88 valence electrons. The van der Waals surface area contributed by atoms with Gasteiger partial charge in [-0.05, 0) is 25.1 Å². The first-order valence-electron chi connectivity index (χ1n) is 4.97. The van der Waals surface area contributed by atoms with Gasteiger partial charge in [-0.3, -0.25) is 4.79 Å². The van der Waals surface area contributed by atoms with Gasteiger partial charge < -0.3 is 10.6 Å². The minimum atomic E-state index is -0.177. The highest BCUT2D eigenvalue weighted by Gasteiger charge is 2.17. The molecule has 16 heavy (non-hydrogen) atoms. The van der Waals surface area contributed by atoms with Gasteiger partial charge in [-0.15, -0.1) is 0 Å². The summed E-state index contributed by atoms with van der Waals surface area (Å²) in [4.78, 5) is 13.6. The van der Waals surface area contributed by atoms with Gasteiger partial charge >= 0.3 is 0 Å². The maximum atomic E-state index is 12.0. The van der Waals surface area contributed by atoms with Crippen LogP contribution in [-0.4, -0.2) is 30.9 Å². The van der Waals surface area contributed by atoms with Crippen LogP contribution in [0.2, 0.25) is 10.0 Å². The summed E-state index contributed by atoms with van der Waals surface area (Å²) in [5.41, 5.74) is 5.74. The van der Waals surface area contributed by atoms with Crippen molar-refractivity contribution in [3.05, 3.63) is 33.8 Å². The van der Waals surface area contributed by atoms with Crippen LogP contribution < -0.4 is 5.73 Å². The summed E-state index contributed by atoms with van der Waals surface area (Å²) in [6.07, 6.45) is 0.754. The van der Waals surface area contributed by atoms with E-state index in [-0.39, 0.29) is 5.91 Å². The molecule has 5 heteroatoms. The van der Waals surface area contributed by atoms with E-state index in [1.165, 1.54) is 0 Å². The number of hydrogen-bond donors (Lipinski definition) is 1. The number of carbonyl (C=O) groups excluding carboxylic acids is 1. The Bertz CT molecular complexity index is 362. The van der Waals surface area contributed by atoms with Gasteiger partial charge in [0.05, 0.1) is 15.6 Å². The van der Waals surface area contributed by atoms with Crippen LogP contribution in [0.4, 0.5) is 0 Å². The maximum absolute atomic E-state index is 12.0. The third-order valence-electron chi connectivity index (χ3n) is 2.22. The highest BCUT2D eigenvalue weighted by atomic mass is 35.5. The van der Waals surface area contributed by atoms with Gasteiger partial charge in [0.25, 0.3) is 5.91 Å². The number of amides is 1. The fourth-order valence-electron chi connectivity index (χ4n) is 1.32. The zero-order valence-electron chi connectivity index (χ0n) is 9.04. The first kappa shape index (κ1) is 13.3. The highest BCUT2D eigenvalue weighted by molar-refractivity contribution is 6.39. The van der Waals surface area contributed by atoms with E-state index in [4.69, 9.17) is 28.9 Å². The molecule has 0 radical (unpaired) electrons. The Morgan fingerprint density at radius 3 is 2.44 bits per heavy atom. The number of halogens is 2. The van der Waals surface area contributed by atoms with Crippen LogP contribution in [0.1, 0.15) is 16.8 Å². The predicted octanol–water partition coefficient (Wildman–Crippen LogP) is 2.41. The predicted molar refractivity (Wildman–Crippen MR) is 67.1 cm³/mol. The first-order valence-corrected chi connectivity index (χ1v) is 5.73. The van der Waals surface area contributed by atoms with E-state index in [1.54, 1.807) is 30.1 Å². The lowest BCUT2D eigenvalue weighted by Crippen LogP contribution is -2.29. The van der Waals surface area contributed by atoms with Gasteiger partial charge in [0.2, 0.25) is 0 Å². The average molecular weight is 261 g/mol. The minimum absolute atomic E-state index is 0.177. The van der Waals surface area contributed by atoms with E-state index in [9.17, 15) is 4.79 Å². The molecular formula is C11H14Cl2N2O. The molecule has 1 aromatic rings. The molecule has 0 bridgehead atoms. The van der Waals surface area contributed by atoms with Gasteiger partial charge in [0.15, 0.2) is 0 Å². The summed E-state index contributed by atoms with van der Waals surface area (Å²) in [5.74, 6) is -0.177. The van der Waals surface area contributed by atoms with E-state index < -0.39 is 0 Å². The van der Waals surface area contributed by atoms with Crippen molar-refractivity contribution in [1.82, 2.24) is 4.90 Å². The average Bonchev–Trinajstić information content (AvgIpc) is 2.25. The number of rotatable bonds is 4. The summed E-state index contributed by atoms with van der Waals surface area (Å²) in [5, 5.41) is 0.745. The molecule has 0 saturated heterocycles. The topological polar surface area (TPSA) is 46.3 Å². The molecule has 0 unspecified atom stereocenters. The lowest BCUT2D eigenvalue weighted by molar-refractivity contribution is 0.0795. The molecule has 0 heterocycles. The Hall–Kier alpha value is -0.770. The monoisotopic (exact) mass is 260 g/mol. The summed E-state index contributed by atoms with van der Waals surface area (Å²) in [6.45, 7) is 1.14. The Balaban J connectivity index is 2.87. The van der Waals surface area contributed by atoms with Crippen molar-refractivity contribution in [2.75, 3.05) is 20.1 Å². The van der Waals surface area contributed by atoms with Crippen LogP contribution in [0.5, 0.6) is 0 Å². The summed E-state index contributed by atoms with van der Waals surface area (Å²) >= 11 is 11.9. The number of nitrogens with two attached hydrogens (primary N) is 1. The van der Waals surface area contributed by atoms with Gasteiger partial charge in [-0.2, -0.15) is 0 Å². The van der Waals surface area contributed by atoms with Gasteiger partial charge in [0.1, 0.15) is 0 Å². The lowest BCUT2D eigenvalue weighted by atomic mass is 10.2. The Labute approximate surface area is 105 Å². The molecule has 1 rings (SSSR count). The zero-order valence-corrected chi connectivity index (χ0v) is 10.6. The van der Waals surface area contributed by atoms with Crippen LogP contribution in [0.25, 0.3) is 0 Å². The van der Waals surface area contributed by atoms with Gasteiger partial charge in [-0.1, -0.05) is 29.3 Å². The number of hydrogen-bond acceptors (Lipinski definition) is 2. The summed E-state index contributed by atoms with van der Waals surface area (Å²) in [7, 11) is 1.71. The second-order valence-corrected chi connectivity index (χ2v) is 4.28. The second kappa shape index (κ2) is 6.09. The normalized spacial score (nSPS) is 10.2. The van der Waals surface area contributed by atoms with E-state index in [0.717, 1.165) is 6.42 Å². The van der Waals surface area contributed by atoms with Crippen molar-refractivity contribution in [2.45, 2.75) is 6.42 Å². The lowest BCUT2D eigenvalue weighted by Gasteiger charge is -2.18. The maximum Gasteiger partial charge on any atom is 0.256 e. The molecule has 2 N–H and O–H groups in total. The summed E-state index contributed by atoms with van der Waals surface area (Å²) in [6, 6.07) is 5.01. The molecule has 0 aromatic heterocycles.